The van der Waals surface area contributed by atoms with E-state index in [1.54, 1.807) is 17.5 Å². The Morgan fingerprint density at radius 3 is 2.56 bits per heavy atom. The number of pyridine rings is 1. The Morgan fingerprint density at radius 1 is 1.18 bits per heavy atom. The Kier molecular flexibility index (Phi) is 5.75. The molecule has 1 aliphatic carbocycles. The lowest BCUT2D eigenvalue weighted by molar-refractivity contribution is 0.0915. The summed E-state index contributed by atoms with van der Waals surface area (Å²) in [7, 11) is 0. The number of carbonyl (C=O) groups excluding carboxylic acids is 1. The number of rotatable bonds is 7. The van der Waals surface area contributed by atoms with Crippen molar-refractivity contribution in [3.8, 4) is 11.3 Å². The van der Waals surface area contributed by atoms with E-state index in [2.05, 4.69) is 54.3 Å². The Balaban J connectivity index is 1.56. The van der Waals surface area contributed by atoms with Gasteiger partial charge in [-0.3, -0.25) is 4.79 Å². The Hall–Kier alpha value is -3.07. The second-order valence-corrected chi connectivity index (χ2v) is 11.2. The van der Waals surface area contributed by atoms with Crippen molar-refractivity contribution in [3.63, 3.8) is 0 Å². The van der Waals surface area contributed by atoms with Crippen LogP contribution in [0.3, 0.4) is 0 Å². The van der Waals surface area contributed by atoms with Crippen molar-refractivity contribution in [1.29, 1.82) is 0 Å². The predicted molar refractivity (Wildman–Crippen MR) is 132 cm³/mol. The minimum Gasteiger partial charge on any atom is -0.340 e. The summed E-state index contributed by atoms with van der Waals surface area (Å²) in [5.41, 5.74) is 3.07. The maximum Gasteiger partial charge on any atom is 0.252 e. The maximum atomic E-state index is 13.7. The molecule has 1 aliphatic rings. The minimum absolute atomic E-state index is 0.0772. The first-order valence-corrected chi connectivity index (χ1v) is 12.6. The number of hydrogen-bond acceptors (Lipinski definition) is 7. The maximum absolute atomic E-state index is 13.7. The number of nitrogens with zero attached hydrogens (tertiary/aromatic N) is 5. The standard InChI is InChI=1S/C25H30N6O2S/c1-12(2)21(25-29-22(30-33-25)16-7-8-16)28-24(32)18-10-20(17-9-14(5)34-15(17)6)27-23-19(18)11-26-31(23)13(3)4/h9-13,16,21H,7-8H2,1-6H3,(H,28,32). The van der Waals surface area contributed by atoms with Gasteiger partial charge in [0.05, 0.1) is 22.8 Å². The van der Waals surface area contributed by atoms with Gasteiger partial charge in [-0.15, -0.1) is 11.3 Å². The van der Waals surface area contributed by atoms with Crippen LogP contribution in [-0.2, 0) is 0 Å². The molecule has 0 aromatic carbocycles. The summed E-state index contributed by atoms with van der Waals surface area (Å²) in [4.78, 5) is 25.6. The minimum atomic E-state index is -0.385. The fraction of sp³-hybridized carbons (Fsp3) is 0.480. The van der Waals surface area contributed by atoms with Crippen molar-refractivity contribution in [1.82, 2.24) is 30.2 Å². The molecule has 4 heterocycles. The van der Waals surface area contributed by atoms with Gasteiger partial charge >= 0.3 is 0 Å². The summed E-state index contributed by atoms with van der Waals surface area (Å²) in [6.45, 7) is 12.4. The van der Waals surface area contributed by atoms with Crippen molar-refractivity contribution in [3.05, 3.63) is 45.4 Å². The van der Waals surface area contributed by atoms with Crippen LogP contribution in [0, 0.1) is 19.8 Å². The average Bonchev–Trinajstić information content (AvgIpc) is 3.20. The molecule has 0 radical (unpaired) electrons. The van der Waals surface area contributed by atoms with E-state index in [1.165, 1.54) is 9.75 Å². The highest BCUT2D eigenvalue weighted by atomic mass is 32.1. The molecule has 0 bridgehead atoms. The Bertz CT molecular complexity index is 1360. The van der Waals surface area contributed by atoms with Gasteiger partial charge in [0.15, 0.2) is 11.5 Å². The van der Waals surface area contributed by atoms with Crippen molar-refractivity contribution >= 4 is 28.3 Å². The van der Waals surface area contributed by atoms with E-state index in [4.69, 9.17) is 9.51 Å². The molecule has 4 aromatic heterocycles. The molecule has 5 rings (SSSR count). The Labute approximate surface area is 202 Å². The zero-order valence-corrected chi connectivity index (χ0v) is 21.2. The molecule has 34 heavy (non-hydrogen) atoms. The van der Waals surface area contributed by atoms with E-state index >= 15 is 0 Å². The monoisotopic (exact) mass is 478 g/mol. The molecule has 4 aromatic rings. The van der Waals surface area contributed by atoms with Gasteiger partial charge in [-0.05, 0) is 58.6 Å². The first-order chi connectivity index (χ1) is 16.2. The Morgan fingerprint density at radius 2 is 1.94 bits per heavy atom. The number of hydrogen-bond donors (Lipinski definition) is 1. The summed E-state index contributed by atoms with van der Waals surface area (Å²) in [5.74, 6) is 1.46. The lowest BCUT2D eigenvalue weighted by Gasteiger charge is -2.19. The molecule has 1 atom stereocenters. The van der Waals surface area contributed by atoms with Gasteiger partial charge < -0.3 is 9.84 Å². The van der Waals surface area contributed by atoms with E-state index < -0.39 is 0 Å². The zero-order valence-electron chi connectivity index (χ0n) is 20.4. The van der Waals surface area contributed by atoms with Crippen LogP contribution in [0.5, 0.6) is 0 Å². The highest BCUT2D eigenvalue weighted by Crippen LogP contribution is 2.39. The fourth-order valence-electron chi connectivity index (χ4n) is 4.22. The lowest BCUT2D eigenvalue weighted by atomic mass is 10.0. The fourth-order valence-corrected chi connectivity index (χ4v) is 5.15. The van der Waals surface area contributed by atoms with E-state index in [-0.39, 0.29) is 23.9 Å². The van der Waals surface area contributed by atoms with E-state index in [0.29, 0.717) is 23.0 Å². The van der Waals surface area contributed by atoms with Gasteiger partial charge in [0.25, 0.3) is 5.91 Å². The van der Waals surface area contributed by atoms with E-state index in [9.17, 15) is 4.79 Å². The van der Waals surface area contributed by atoms with Crippen molar-refractivity contribution in [2.75, 3.05) is 0 Å². The van der Waals surface area contributed by atoms with Crippen LogP contribution in [0.2, 0.25) is 0 Å². The van der Waals surface area contributed by atoms with Gasteiger partial charge in [0.2, 0.25) is 5.89 Å². The van der Waals surface area contributed by atoms with Gasteiger partial charge in [-0.2, -0.15) is 10.1 Å². The van der Waals surface area contributed by atoms with Crippen molar-refractivity contribution < 1.29 is 9.32 Å². The largest absolute Gasteiger partial charge is 0.340 e. The van der Waals surface area contributed by atoms with E-state index in [1.807, 2.05) is 24.6 Å². The smallest absolute Gasteiger partial charge is 0.252 e. The summed E-state index contributed by atoms with van der Waals surface area (Å²) < 4.78 is 7.42. The highest BCUT2D eigenvalue weighted by Gasteiger charge is 2.32. The average molecular weight is 479 g/mol. The molecule has 1 saturated carbocycles. The van der Waals surface area contributed by atoms with Crippen LogP contribution >= 0.6 is 11.3 Å². The summed E-state index contributed by atoms with van der Waals surface area (Å²) >= 11 is 1.73. The number of aromatic nitrogens is 5. The number of nitrogens with one attached hydrogen (secondary N) is 1. The van der Waals surface area contributed by atoms with Crippen molar-refractivity contribution in [2.24, 2.45) is 5.92 Å². The van der Waals surface area contributed by atoms with Crippen LogP contribution in [0.4, 0.5) is 0 Å². The topological polar surface area (TPSA) is 98.7 Å². The normalized spacial score (nSPS) is 14.9. The molecular formula is C25H30N6O2S. The second kappa shape index (κ2) is 8.61. The number of fused-ring (bicyclic) bond motifs is 1. The third-order valence-corrected chi connectivity index (χ3v) is 7.20. The highest BCUT2D eigenvalue weighted by molar-refractivity contribution is 7.12. The SMILES string of the molecule is Cc1cc(-c2cc(C(=O)NC(c3nc(C4CC4)no3)C(C)C)c3cnn(C(C)C)c3n2)c(C)s1. The quantitative estimate of drug-likeness (QED) is 0.363. The van der Waals surface area contributed by atoms with Gasteiger partial charge in [0.1, 0.15) is 6.04 Å². The third-order valence-electron chi connectivity index (χ3n) is 6.24. The lowest BCUT2D eigenvalue weighted by Crippen LogP contribution is -2.32. The summed E-state index contributed by atoms with van der Waals surface area (Å²) in [6, 6.07) is 3.73. The molecule has 1 fully saturated rings. The van der Waals surface area contributed by atoms with Gasteiger partial charge in [-0.1, -0.05) is 19.0 Å². The molecule has 0 spiro atoms. The first-order valence-electron chi connectivity index (χ1n) is 11.8. The summed E-state index contributed by atoms with van der Waals surface area (Å²) in [6.07, 6.45) is 3.92. The molecule has 178 valence electrons. The first kappa shape index (κ1) is 22.7. The van der Waals surface area contributed by atoms with E-state index in [0.717, 1.165) is 35.3 Å². The second-order valence-electron chi connectivity index (χ2n) is 9.76. The molecule has 0 aliphatic heterocycles. The van der Waals surface area contributed by atoms with Gasteiger partial charge in [0, 0.05) is 27.3 Å². The number of thiophene rings is 1. The van der Waals surface area contributed by atoms with Crippen LogP contribution < -0.4 is 5.32 Å². The molecule has 9 heteroatoms. The molecular weight excluding hydrogens is 448 g/mol. The number of aryl methyl sites for hydroxylation is 2. The molecule has 0 saturated heterocycles. The molecule has 1 amide bonds. The molecule has 1 unspecified atom stereocenters. The van der Waals surface area contributed by atoms with Crippen LogP contribution in [0.1, 0.15) is 90.4 Å². The van der Waals surface area contributed by atoms with Crippen LogP contribution in [-0.4, -0.2) is 30.8 Å². The summed E-state index contributed by atoms with van der Waals surface area (Å²) in [5, 5.41) is 12.6. The number of amides is 1. The van der Waals surface area contributed by atoms with Crippen LogP contribution in [0.15, 0.2) is 22.9 Å². The zero-order chi connectivity index (χ0) is 24.1. The van der Waals surface area contributed by atoms with Crippen LogP contribution in [0.25, 0.3) is 22.3 Å². The predicted octanol–water partition coefficient (Wildman–Crippen LogP) is 5.75. The van der Waals surface area contributed by atoms with Crippen molar-refractivity contribution in [2.45, 2.75) is 72.4 Å². The number of carbonyl (C=O) groups is 1. The van der Waals surface area contributed by atoms with Gasteiger partial charge in [-0.25, -0.2) is 9.67 Å². The third kappa shape index (κ3) is 4.13. The molecule has 1 N–H and O–H groups in total. The molecule has 8 nitrogen and oxygen atoms in total.